The number of hydrogen-bond acceptors (Lipinski definition) is 3. The molecule has 3 N–H and O–H groups in total. The summed E-state index contributed by atoms with van der Waals surface area (Å²) in [5.41, 5.74) is 6.02. The molecule has 1 saturated heterocycles. The fourth-order valence-electron chi connectivity index (χ4n) is 2.10. The van der Waals surface area contributed by atoms with Crippen LogP contribution in [0.3, 0.4) is 0 Å². The standard InChI is InChI=1S/C10H23N3/c1-4-12-10(7-11)5-6-13(8-10)9(2)3/h9,12H,4-8,11H2,1-3H3. The van der Waals surface area contributed by atoms with E-state index in [1.54, 1.807) is 0 Å². The Hall–Kier alpha value is -0.120. The predicted octanol–water partition coefficient (Wildman–Crippen LogP) is 0.408. The molecule has 3 nitrogen and oxygen atoms in total. The van der Waals surface area contributed by atoms with Crippen LogP contribution >= 0.6 is 0 Å². The molecule has 0 bridgehead atoms. The van der Waals surface area contributed by atoms with Gasteiger partial charge in [-0.3, -0.25) is 4.90 Å². The summed E-state index contributed by atoms with van der Waals surface area (Å²) in [5, 5.41) is 3.53. The molecule has 1 aliphatic heterocycles. The first kappa shape index (κ1) is 11.0. The van der Waals surface area contributed by atoms with Gasteiger partial charge in [-0.2, -0.15) is 0 Å². The van der Waals surface area contributed by atoms with Gasteiger partial charge in [0, 0.05) is 31.2 Å². The molecule has 0 aromatic carbocycles. The van der Waals surface area contributed by atoms with E-state index in [1.807, 2.05) is 0 Å². The lowest BCUT2D eigenvalue weighted by Crippen LogP contribution is -2.53. The summed E-state index contributed by atoms with van der Waals surface area (Å²) in [7, 11) is 0. The Labute approximate surface area is 81.7 Å². The molecule has 3 heteroatoms. The number of rotatable bonds is 4. The van der Waals surface area contributed by atoms with E-state index < -0.39 is 0 Å². The van der Waals surface area contributed by atoms with Gasteiger partial charge in [-0.1, -0.05) is 6.92 Å². The average Bonchev–Trinajstić information content (AvgIpc) is 2.51. The number of likely N-dealkylation sites (tertiary alicyclic amines) is 1. The van der Waals surface area contributed by atoms with Gasteiger partial charge in [0.25, 0.3) is 0 Å². The van der Waals surface area contributed by atoms with Crippen molar-refractivity contribution in [3.05, 3.63) is 0 Å². The van der Waals surface area contributed by atoms with Crippen molar-refractivity contribution in [2.45, 2.75) is 38.8 Å². The average molecular weight is 185 g/mol. The van der Waals surface area contributed by atoms with Gasteiger partial charge in [0.1, 0.15) is 0 Å². The van der Waals surface area contributed by atoms with Crippen molar-refractivity contribution in [1.29, 1.82) is 0 Å². The van der Waals surface area contributed by atoms with Crippen molar-refractivity contribution in [3.63, 3.8) is 0 Å². The van der Waals surface area contributed by atoms with Crippen molar-refractivity contribution in [3.8, 4) is 0 Å². The van der Waals surface area contributed by atoms with Crippen LogP contribution < -0.4 is 11.1 Å². The van der Waals surface area contributed by atoms with Crippen molar-refractivity contribution < 1.29 is 0 Å². The summed E-state index contributed by atoms with van der Waals surface area (Å²) in [5.74, 6) is 0. The van der Waals surface area contributed by atoms with E-state index >= 15 is 0 Å². The number of nitrogens with two attached hydrogens (primary N) is 1. The number of nitrogens with zero attached hydrogens (tertiary/aromatic N) is 1. The Bertz CT molecular complexity index is 158. The van der Waals surface area contributed by atoms with Crippen LogP contribution in [-0.4, -0.2) is 42.7 Å². The molecule has 13 heavy (non-hydrogen) atoms. The Morgan fingerprint density at radius 2 is 2.23 bits per heavy atom. The molecular weight excluding hydrogens is 162 g/mol. The highest BCUT2D eigenvalue weighted by molar-refractivity contribution is 4.98. The van der Waals surface area contributed by atoms with Crippen LogP contribution in [0.5, 0.6) is 0 Å². The molecule has 1 fully saturated rings. The fourth-order valence-corrected chi connectivity index (χ4v) is 2.10. The molecule has 1 aliphatic rings. The molecule has 0 aromatic rings. The zero-order chi connectivity index (χ0) is 9.90. The Kier molecular flexibility index (Phi) is 3.71. The van der Waals surface area contributed by atoms with Crippen LogP contribution in [0, 0.1) is 0 Å². The highest BCUT2D eigenvalue weighted by Crippen LogP contribution is 2.21. The second-order valence-corrected chi connectivity index (χ2v) is 4.33. The molecule has 0 spiro atoms. The highest BCUT2D eigenvalue weighted by atomic mass is 15.2. The summed E-state index contributed by atoms with van der Waals surface area (Å²) in [4.78, 5) is 2.50. The number of hydrogen-bond donors (Lipinski definition) is 2. The van der Waals surface area contributed by atoms with Crippen LogP contribution in [0.4, 0.5) is 0 Å². The minimum absolute atomic E-state index is 0.193. The number of likely N-dealkylation sites (N-methyl/N-ethyl adjacent to an activating group) is 1. The van der Waals surface area contributed by atoms with E-state index in [0.717, 1.165) is 19.6 Å². The fraction of sp³-hybridized carbons (Fsp3) is 1.00. The van der Waals surface area contributed by atoms with E-state index in [9.17, 15) is 0 Å². The molecule has 0 amide bonds. The first-order chi connectivity index (χ1) is 6.13. The van der Waals surface area contributed by atoms with Crippen LogP contribution in [0.25, 0.3) is 0 Å². The molecule has 0 aromatic heterocycles. The van der Waals surface area contributed by atoms with Gasteiger partial charge in [-0.15, -0.1) is 0 Å². The predicted molar refractivity (Wildman–Crippen MR) is 56.8 cm³/mol. The molecule has 0 aliphatic carbocycles. The number of nitrogens with one attached hydrogen (secondary N) is 1. The zero-order valence-electron chi connectivity index (χ0n) is 9.14. The van der Waals surface area contributed by atoms with Crippen LogP contribution in [0.15, 0.2) is 0 Å². The third-order valence-corrected chi connectivity index (χ3v) is 3.06. The Balaban J connectivity index is 2.52. The molecule has 1 heterocycles. The summed E-state index contributed by atoms with van der Waals surface area (Å²) in [6.07, 6.45) is 1.19. The van der Waals surface area contributed by atoms with Gasteiger partial charge in [-0.25, -0.2) is 0 Å². The highest BCUT2D eigenvalue weighted by Gasteiger charge is 2.36. The summed E-state index contributed by atoms with van der Waals surface area (Å²) in [6.45, 7) is 10.7. The van der Waals surface area contributed by atoms with Crippen molar-refractivity contribution >= 4 is 0 Å². The van der Waals surface area contributed by atoms with Crippen LogP contribution in [-0.2, 0) is 0 Å². The third kappa shape index (κ3) is 2.42. The van der Waals surface area contributed by atoms with Crippen molar-refractivity contribution in [2.24, 2.45) is 5.73 Å². The maximum Gasteiger partial charge on any atom is 0.0444 e. The quantitative estimate of drug-likeness (QED) is 0.666. The smallest absolute Gasteiger partial charge is 0.0444 e. The van der Waals surface area contributed by atoms with Gasteiger partial charge in [0.2, 0.25) is 0 Å². The summed E-state index contributed by atoms with van der Waals surface area (Å²) < 4.78 is 0. The lowest BCUT2D eigenvalue weighted by molar-refractivity contribution is 0.243. The summed E-state index contributed by atoms with van der Waals surface area (Å²) >= 11 is 0. The first-order valence-electron chi connectivity index (χ1n) is 5.32. The Morgan fingerprint density at radius 1 is 1.54 bits per heavy atom. The molecule has 1 unspecified atom stereocenters. The largest absolute Gasteiger partial charge is 0.329 e. The maximum absolute atomic E-state index is 5.83. The molecule has 0 saturated carbocycles. The second-order valence-electron chi connectivity index (χ2n) is 4.33. The lowest BCUT2D eigenvalue weighted by atomic mass is 9.99. The molecule has 1 rings (SSSR count). The molecular formula is C10H23N3. The maximum atomic E-state index is 5.83. The SMILES string of the molecule is CCNC1(CN)CCN(C(C)C)C1. The van der Waals surface area contributed by atoms with Crippen molar-refractivity contribution in [2.75, 3.05) is 26.2 Å². The van der Waals surface area contributed by atoms with Gasteiger partial charge >= 0.3 is 0 Å². The van der Waals surface area contributed by atoms with Gasteiger partial charge in [0.05, 0.1) is 0 Å². The van der Waals surface area contributed by atoms with Crippen LogP contribution in [0.1, 0.15) is 27.2 Å². The van der Waals surface area contributed by atoms with E-state index in [0.29, 0.717) is 6.04 Å². The van der Waals surface area contributed by atoms with E-state index in [2.05, 4.69) is 31.0 Å². The minimum Gasteiger partial charge on any atom is -0.329 e. The molecule has 0 radical (unpaired) electrons. The van der Waals surface area contributed by atoms with Crippen LogP contribution in [0.2, 0.25) is 0 Å². The minimum atomic E-state index is 0.193. The summed E-state index contributed by atoms with van der Waals surface area (Å²) in [6, 6.07) is 0.645. The van der Waals surface area contributed by atoms with Gasteiger partial charge in [0.15, 0.2) is 0 Å². The molecule has 1 atom stereocenters. The second kappa shape index (κ2) is 4.40. The molecule has 78 valence electrons. The van der Waals surface area contributed by atoms with E-state index in [1.165, 1.54) is 13.0 Å². The van der Waals surface area contributed by atoms with E-state index in [4.69, 9.17) is 5.73 Å². The van der Waals surface area contributed by atoms with Gasteiger partial charge < -0.3 is 11.1 Å². The normalized spacial score (nSPS) is 30.2. The van der Waals surface area contributed by atoms with Crippen molar-refractivity contribution in [1.82, 2.24) is 10.2 Å². The Morgan fingerprint density at radius 3 is 2.62 bits per heavy atom. The topological polar surface area (TPSA) is 41.3 Å². The first-order valence-corrected chi connectivity index (χ1v) is 5.32. The lowest BCUT2D eigenvalue weighted by Gasteiger charge is -2.30. The van der Waals surface area contributed by atoms with Gasteiger partial charge in [-0.05, 0) is 26.8 Å². The zero-order valence-corrected chi connectivity index (χ0v) is 9.14. The van der Waals surface area contributed by atoms with E-state index in [-0.39, 0.29) is 5.54 Å². The monoisotopic (exact) mass is 185 g/mol. The third-order valence-electron chi connectivity index (χ3n) is 3.06.